The summed E-state index contributed by atoms with van der Waals surface area (Å²) in [6.45, 7) is 4.33. The quantitative estimate of drug-likeness (QED) is 0.540. The van der Waals surface area contributed by atoms with Crippen molar-refractivity contribution in [2.75, 3.05) is 18.0 Å². The molecule has 1 amide bonds. The fraction of sp³-hybridized carbons (Fsp3) is 0.217. The Bertz CT molecular complexity index is 968. The number of aromatic nitrogens is 1. The van der Waals surface area contributed by atoms with E-state index in [1.165, 1.54) is 18.5 Å². The van der Waals surface area contributed by atoms with Crippen molar-refractivity contribution >= 4 is 17.8 Å². The van der Waals surface area contributed by atoms with Crippen LogP contribution in [0.5, 0.6) is 0 Å². The third-order valence-electron chi connectivity index (χ3n) is 5.13. The van der Waals surface area contributed by atoms with E-state index in [9.17, 15) is 4.79 Å². The van der Waals surface area contributed by atoms with Crippen molar-refractivity contribution in [2.45, 2.75) is 19.8 Å². The van der Waals surface area contributed by atoms with Crippen LogP contribution in [0.1, 0.15) is 34.3 Å². The number of anilines is 1. The van der Waals surface area contributed by atoms with Gasteiger partial charge in [-0.15, -0.1) is 0 Å². The highest BCUT2D eigenvalue weighted by atomic mass is 16.2. The van der Waals surface area contributed by atoms with Gasteiger partial charge in [-0.3, -0.25) is 4.79 Å². The number of nitrogens with one attached hydrogen (secondary N) is 1. The SMILES string of the molecule is Cc1cc(N2CCCC2)ccc1/C=N/NC(=O)c1ccc(-n2cccc2)cc1. The summed E-state index contributed by atoms with van der Waals surface area (Å²) in [5, 5.41) is 4.13. The number of rotatable bonds is 5. The average Bonchev–Trinajstić information content (AvgIpc) is 3.43. The third-order valence-corrected chi connectivity index (χ3v) is 5.13. The van der Waals surface area contributed by atoms with Crippen LogP contribution in [0, 0.1) is 6.92 Å². The molecule has 5 heteroatoms. The van der Waals surface area contributed by atoms with Crippen molar-refractivity contribution in [3.63, 3.8) is 0 Å². The van der Waals surface area contributed by atoms with E-state index >= 15 is 0 Å². The van der Waals surface area contributed by atoms with Gasteiger partial charge in [0.2, 0.25) is 0 Å². The summed E-state index contributed by atoms with van der Waals surface area (Å²) in [6.07, 6.45) is 8.17. The molecule has 1 N–H and O–H groups in total. The van der Waals surface area contributed by atoms with Gasteiger partial charge in [0, 0.05) is 42.4 Å². The third kappa shape index (κ3) is 3.98. The van der Waals surface area contributed by atoms with E-state index in [1.54, 1.807) is 18.3 Å². The zero-order chi connectivity index (χ0) is 19.3. The van der Waals surface area contributed by atoms with Gasteiger partial charge in [0.05, 0.1) is 6.21 Å². The van der Waals surface area contributed by atoms with Gasteiger partial charge in [0.1, 0.15) is 0 Å². The number of carbonyl (C=O) groups is 1. The first-order valence-electron chi connectivity index (χ1n) is 9.63. The molecule has 0 saturated carbocycles. The highest BCUT2D eigenvalue weighted by molar-refractivity contribution is 5.95. The van der Waals surface area contributed by atoms with Gasteiger partial charge >= 0.3 is 0 Å². The Balaban J connectivity index is 1.38. The molecule has 1 saturated heterocycles. The van der Waals surface area contributed by atoms with E-state index in [0.29, 0.717) is 5.56 Å². The zero-order valence-electron chi connectivity index (χ0n) is 16.0. The van der Waals surface area contributed by atoms with Crippen molar-refractivity contribution in [3.05, 3.63) is 83.7 Å². The van der Waals surface area contributed by atoms with Crippen molar-refractivity contribution in [3.8, 4) is 5.69 Å². The fourth-order valence-electron chi connectivity index (χ4n) is 3.49. The van der Waals surface area contributed by atoms with Crippen LogP contribution in [0.2, 0.25) is 0 Å². The van der Waals surface area contributed by atoms with Crippen LogP contribution in [0.15, 0.2) is 72.1 Å². The number of hydrazone groups is 1. The number of aryl methyl sites for hydroxylation is 1. The van der Waals surface area contributed by atoms with Crippen molar-refractivity contribution < 1.29 is 4.79 Å². The molecule has 5 nitrogen and oxygen atoms in total. The van der Waals surface area contributed by atoms with Gasteiger partial charge in [-0.05, 0) is 79.4 Å². The Morgan fingerprint density at radius 3 is 2.36 bits per heavy atom. The molecule has 1 aliphatic rings. The van der Waals surface area contributed by atoms with E-state index in [2.05, 4.69) is 40.5 Å². The summed E-state index contributed by atoms with van der Waals surface area (Å²) in [7, 11) is 0. The second-order valence-corrected chi connectivity index (χ2v) is 7.07. The number of amides is 1. The van der Waals surface area contributed by atoms with Crippen LogP contribution in [0.4, 0.5) is 5.69 Å². The lowest BCUT2D eigenvalue weighted by molar-refractivity contribution is 0.0955. The first-order chi connectivity index (χ1) is 13.7. The van der Waals surface area contributed by atoms with Crippen molar-refractivity contribution in [1.82, 2.24) is 9.99 Å². The summed E-state index contributed by atoms with van der Waals surface area (Å²) >= 11 is 0. The number of hydrogen-bond acceptors (Lipinski definition) is 3. The standard InChI is InChI=1S/C23H24N4O/c1-18-16-22(27-14-4-5-15-27)11-8-20(18)17-24-25-23(28)19-6-9-21(10-7-19)26-12-2-3-13-26/h2-3,6-13,16-17H,4-5,14-15H2,1H3,(H,25,28)/b24-17+. The van der Waals surface area contributed by atoms with Gasteiger partial charge in [0.25, 0.3) is 5.91 Å². The van der Waals surface area contributed by atoms with Gasteiger partial charge in [-0.1, -0.05) is 6.07 Å². The molecule has 1 aromatic heterocycles. The molecule has 3 aromatic rings. The molecule has 28 heavy (non-hydrogen) atoms. The first-order valence-corrected chi connectivity index (χ1v) is 9.63. The highest BCUT2D eigenvalue weighted by Gasteiger charge is 2.12. The minimum Gasteiger partial charge on any atom is -0.372 e. The predicted octanol–water partition coefficient (Wildman–Crippen LogP) is 4.15. The van der Waals surface area contributed by atoms with Crippen LogP contribution in [-0.4, -0.2) is 29.8 Å². The lowest BCUT2D eigenvalue weighted by Gasteiger charge is -2.18. The lowest BCUT2D eigenvalue weighted by atomic mass is 10.1. The second kappa shape index (κ2) is 8.13. The topological polar surface area (TPSA) is 49.6 Å². The molecule has 4 rings (SSSR count). The predicted molar refractivity (Wildman–Crippen MR) is 113 cm³/mol. The molecular weight excluding hydrogens is 348 g/mol. The van der Waals surface area contributed by atoms with Gasteiger partial charge in [0.15, 0.2) is 0 Å². The smallest absolute Gasteiger partial charge is 0.271 e. The number of nitrogens with zero attached hydrogens (tertiary/aromatic N) is 3. The van der Waals surface area contributed by atoms with E-state index in [4.69, 9.17) is 0 Å². The van der Waals surface area contributed by atoms with E-state index in [1.807, 2.05) is 41.2 Å². The zero-order valence-corrected chi connectivity index (χ0v) is 16.0. The van der Waals surface area contributed by atoms with Gasteiger partial charge in [-0.2, -0.15) is 5.10 Å². The van der Waals surface area contributed by atoms with Gasteiger partial charge in [-0.25, -0.2) is 5.43 Å². The number of carbonyl (C=O) groups excluding carboxylic acids is 1. The monoisotopic (exact) mass is 372 g/mol. The van der Waals surface area contributed by atoms with E-state index in [0.717, 1.165) is 29.9 Å². The number of benzene rings is 2. The minimum atomic E-state index is -0.221. The summed E-state index contributed by atoms with van der Waals surface area (Å²) < 4.78 is 1.99. The fourth-order valence-corrected chi connectivity index (χ4v) is 3.49. The summed E-state index contributed by atoms with van der Waals surface area (Å²) in [4.78, 5) is 14.7. The normalized spacial score (nSPS) is 14.0. The maximum absolute atomic E-state index is 12.3. The van der Waals surface area contributed by atoms with Crippen LogP contribution in [0.25, 0.3) is 5.69 Å². The van der Waals surface area contributed by atoms with Crippen LogP contribution in [0.3, 0.4) is 0 Å². The Kier molecular flexibility index (Phi) is 5.24. The summed E-state index contributed by atoms with van der Waals surface area (Å²) in [5.41, 5.74) is 7.62. The lowest BCUT2D eigenvalue weighted by Crippen LogP contribution is -2.18. The first kappa shape index (κ1) is 18.0. The Morgan fingerprint density at radius 2 is 1.68 bits per heavy atom. The molecule has 1 fully saturated rings. The van der Waals surface area contributed by atoms with Crippen LogP contribution < -0.4 is 10.3 Å². The molecule has 0 spiro atoms. The van der Waals surface area contributed by atoms with Gasteiger partial charge < -0.3 is 9.47 Å². The minimum absolute atomic E-state index is 0.221. The molecule has 2 heterocycles. The Labute approximate surface area is 165 Å². The Morgan fingerprint density at radius 1 is 1.00 bits per heavy atom. The molecule has 0 atom stereocenters. The molecule has 0 bridgehead atoms. The molecule has 2 aromatic carbocycles. The second-order valence-electron chi connectivity index (χ2n) is 7.07. The largest absolute Gasteiger partial charge is 0.372 e. The highest BCUT2D eigenvalue weighted by Crippen LogP contribution is 2.22. The maximum atomic E-state index is 12.3. The molecule has 0 radical (unpaired) electrons. The van der Waals surface area contributed by atoms with E-state index in [-0.39, 0.29) is 5.91 Å². The molecule has 0 unspecified atom stereocenters. The number of hydrogen-bond donors (Lipinski definition) is 1. The summed E-state index contributed by atoms with van der Waals surface area (Å²) in [6, 6.07) is 17.7. The molecule has 142 valence electrons. The molecule has 1 aliphatic heterocycles. The van der Waals surface area contributed by atoms with Crippen molar-refractivity contribution in [1.29, 1.82) is 0 Å². The Hall–Kier alpha value is -3.34. The average molecular weight is 372 g/mol. The maximum Gasteiger partial charge on any atom is 0.271 e. The van der Waals surface area contributed by atoms with Crippen LogP contribution >= 0.6 is 0 Å². The van der Waals surface area contributed by atoms with Crippen LogP contribution in [-0.2, 0) is 0 Å². The van der Waals surface area contributed by atoms with E-state index < -0.39 is 0 Å². The molecule has 0 aliphatic carbocycles. The molecular formula is C23H24N4O. The van der Waals surface area contributed by atoms with Crippen molar-refractivity contribution in [2.24, 2.45) is 5.10 Å². The summed E-state index contributed by atoms with van der Waals surface area (Å²) in [5.74, 6) is -0.221.